The van der Waals surface area contributed by atoms with Crippen molar-refractivity contribution in [1.29, 1.82) is 0 Å². The maximum atomic E-state index is 12.6. The number of hydrogen-bond donors (Lipinski definition) is 1. The Morgan fingerprint density at radius 2 is 1.81 bits per heavy atom. The first-order valence-corrected chi connectivity index (χ1v) is 9.76. The van der Waals surface area contributed by atoms with Gasteiger partial charge in [0.25, 0.3) is 0 Å². The molecule has 2 aromatic carbocycles. The molecular formula is C23H30Cl2N4O2. The highest BCUT2D eigenvalue weighted by Crippen LogP contribution is 2.16. The molecule has 8 heteroatoms. The predicted octanol–water partition coefficient (Wildman–Crippen LogP) is 3.49. The van der Waals surface area contributed by atoms with E-state index in [1.165, 1.54) is 5.56 Å². The van der Waals surface area contributed by atoms with Gasteiger partial charge in [0, 0.05) is 26.2 Å². The van der Waals surface area contributed by atoms with Crippen LogP contribution in [0.1, 0.15) is 16.8 Å². The molecular weight excluding hydrogens is 435 g/mol. The lowest BCUT2D eigenvalue weighted by Gasteiger charge is -2.21. The molecule has 0 unspecified atom stereocenters. The van der Waals surface area contributed by atoms with Gasteiger partial charge in [-0.2, -0.15) is 0 Å². The van der Waals surface area contributed by atoms with E-state index in [0.717, 1.165) is 23.6 Å². The number of nitrogens with two attached hydrogens (primary N) is 1. The first-order valence-electron chi connectivity index (χ1n) is 9.76. The van der Waals surface area contributed by atoms with Crippen molar-refractivity contribution in [3.05, 3.63) is 83.9 Å². The molecule has 3 aromatic rings. The average Bonchev–Trinajstić information content (AvgIpc) is 3.16. The van der Waals surface area contributed by atoms with Crippen LogP contribution >= 0.6 is 24.8 Å². The Kier molecular flexibility index (Phi) is 11.1. The Balaban J connectivity index is 0.00000240. The summed E-state index contributed by atoms with van der Waals surface area (Å²) < 4.78 is 7.77. The molecule has 6 nitrogen and oxygen atoms in total. The molecule has 168 valence electrons. The molecule has 3 rings (SSSR count). The van der Waals surface area contributed by atoms with Crippen molar-refractivity contribution in [1.82, 2.24) is 14.5 Å². The number of ether oxygens (including phenoxy) is 1. The summed E-state index contributed by atoms with van der Waals surface area (Å²) in [5.41, 5.74) is 9.22. The number of benzene rings is 2. The van der Waals surface area contributed by atoms with Crippen LogP contribution in [0.2, 0.25) is 0 Å². The van der Waals surface area contributed by atoms with Crippen LogP contribution in [-0.2, 0) is 17.8 Å². The first kappa shape index (κ1) is 26.5. The maximum absolute atomic E-state index is 12.6. The number of nitrogens with zero attached hydrogens (tertiary/aromatic N) is 3. The second-order valence-electron chi connectivity index (χ2n) is 7.21. The van der Waals surface area contributed by atoms with Crippen molar-refractivity contribution in [2.45, 2.75) is 25.9 Å². The van der Waals surface area contributed by atoms with E-state index in [9.17, 15) is 4.79 Å². The largest absolute Gasteiger partial charge is 0.491 e. The van der Waals surface area contributed by atoms with Gasteiger partial charge in [-0.1, -0.05) is 48.5 Å². The molecule has 1 amide bonds. The predicted molar refractivity (Wildman–Crippen MR) is 128 cm³/mol. The van der Waals surface area contributed by atoms with Gasteiger partial charge < -0.3 is 19.9 Å². The molecule has 31 heavy (non-hydrogen) atoms. The zero-order chi connectivity index (χ0) is 20.6. The highest BCUT2D eigenvalue weighted by Gasteiger charge is 2.19. The molecule has 0 aliphatic heterocycles. The van der Waals surface area contributed by atoms with E-state index in [1.807, 2.05) is 60.2 Å². The summed E-state index contributed by atoms with van der Waals surface area (Å²) in [4.78, 5) is 18.6. The van der Waals surface area contributed by atoms with E-state index in [4.69, 9.17) is 10.5 Å². The minimum absolute atomic E-state index is 0. The number of carbonyl (C=O) groups is 1. The van der Waals surface area contributed by atoms with Crippen LogP contribution < -0.4 is 10.5 Å². The van der Waals surface area contributed by atoms with Gasteiger partial charge in [0.05, 0.1) is 24.6 Å². The van der Waals surface area contributed by atoms with Crippen LogP contribution in [0, 0.1) is 6.92 Å². The molecule has 2 N–H and O–H groups in total. The zero-order valence-corrected chi connectivity index (χ0v) is 19.4. The van der Waals surface area contributed by atoms with E-state index in [1.54, 1.807) is 18.3 Å². The van der Waals surface area contributed by atoms with Crippen LogP contribution in [-0.4, -0.2) is 46.6 Å². The number of likely N-dealkylation sites (N-methyl/N-ethyl adjacent to an activating group) is 1. The van der Waals surface area contributed by atoms with E-state index in [-0.39, 0.29) is 30.7 Å². The second-order valence-corrected chi connectivity index (χ2v) is 7.21. The van der Waals surface area contributed by atoms with Crippen molar-refractivity contribution >= 4 is 30.7 Å². The highest BCUT2D eigenvalue weighted by atomic mass is 35.5. The minimum Gasteiger partial charge on any atom is -0.491 e. The fourth-order valence-corrected chi connectivity index (χ4v) is 3.11. The van der Waals surface area contributed by atoms with Crippen molar-refractivity contribution in [3.8, 4) is 5.75 Å². The Morgan fingerprint density at radius 3 is 2.52 bits per heavy atom. The smallest absolute Gasteiger partial charge is 0.239 e. The van der Waals surface area contributed by atoms with Crippen LogP contribution in [0.25, 0.3) is 0 Å². The molecule has 0 aliphatic rings. The Bertz CT molecular complexity index is 934. The van der Waals surface area contributed by atoms with E-state index < -0.39 is 6.04 Å². The fourth-order valence-electron chi connectivity index (χ4n) is 3.11. The summed E-state index contributed by atoms with van der Waals surface area (Å²) in [7, 11) is 1.75. The van der Waals surface area contributed by atoms with E-state index >= 15 is 0 Å². The monoisotopic (exact) mass is 464 g/mol. The first-order chi connectivity index (χ1) is 14.0. The van der Waals surface area contributed by atoms with Gasteiger partial charge in [-0.3, -0.25) is 4.79 Å². The number of amides is 1. The molecule has 1 aromatic heterocycles. The van der Waals surface area contributed by atoms with Crippen LogP contribution in [0.3, 0.4) is 0 Å². The number of carbonyl (C=O) groups excluding carboxylic acids is 1. The van der Waals surface area contributed by atoms with Crippen LogP contribution in [0.15, 0.2) is 67.1 Å². The highest BCUT2D eigenvalue weighted by molar-refractivity contribution is 5.85. The van der Waals surface area contributed by atoms with Gasteiger partial charge in [0.1, 0.15) is 12.4 Å². The Morgan fingerprint density at radius 1 is 1.13 bits per heavy atom. The number of para-hydroxylation sites is 1. The number of aryl methyl sites for hydroxylation is 1. The third kappa shape index (κ3) is 7.90. The van der Waals surface area contributed by atoms with Gasteiger partial charge in [-0.05, 0) is 24.1 Å². The second kappa shape index (κ2) is 13.0. The number of rotatable bonds is 9. The Labute approximate surface area is 196 Å². The molecule has 0 spiro atoms. The SMILES string of the molecule is Cc1ccccc1OCCN(C)C(=O)[C@@H](N)Cc1cn(Cc2ccccc2)cn1.Cl.Cl. The molecule has 0 saturated carbocycles. The lowest BCUT2D eigenvalue weighted by Crippen LogP contribution is -2.44. The molecule has 0 fully saturated rings. The van der Waals surface area contributed by atoms with E-state index in [2.05, 4.69) is 17.1 Å². The Hall–Kier alpha value is -2.54. The minimum atomic E-state index is -0.626. The molecule has 0 saturated heterocycles. The maximum Gasteiger partial charge on any atom is 0.239 e. The van der Waals surface area contributed by atoms with Gasteiger partial charge in [-0.25, -0.2) is 4.98 Å². The summed E-state index contributed by atoms with van der Waals surface area (Å²) in [6.45, 7) is 3.64. The number of imidazole rings is 1. The molecule has 0 bridgehead atoms. The van der Waals surface area contributed by atoms with Gasteiger partial charge >= 0.3 is 0 Å². The van der Waals surface area contributed by atoms with Gasteiger partial charge in [0.2, 0.25) is 5.91 Å². The summed E-state index contributed by atoms with van der Waals surface area (Å²) in [5, 5.41) is 0. The number of hydrogen-bond acceptors (Lipinski definition) is 4. The third-order valence-corrected chi connectivity index (χ3v) is 4.80. The fraction of sp³-hybridized carbons (Fsp3) is 0.304. The summed E-state index contributed by atoms with van der Waals surface area (Å²) in [5.74, 6) is 0.720. The van der Waals surface area contributed by atoms with Crippen LogP contribution in [0.5, 0.6) is 5.75 Å². The van der Waals surface area contributed by atoms with Crippen LogP contribution in [0.4, 0.5) is 0 Å². The summed E-state index contributed by atoms with van der Waals surface area (Å²) in [6.07, 6.45) is 4.13. The molecule has 1 atom stereocenters. The standard InChI is InChI=1S/C23H28N4O2.2ClH/c1-18-8-6-7-11-22(18)29-13-12-26(2)23(28)21(24)14-20-16-27(17-25-20)15-19-9-4-3-5-10-19;;/h3-11,16-17,21H,12-15,24H2,1-2H3;2*1H/t21-;;/m0../s1. The quantitative estimate of drug-likeness (QED) is 0.525. The van der Waals surface area contributed by atoms with Crippen molar-refractivity contribution in [2.75, 3.05) is 20.2 Å². The normalized spacial score (nSPS) is 11.1. The number of aromatic nitrogens is 2. The van der Waals surface area contributed by atoms with Crippen molar-refractivity contribution in [2.24, 2.45) is 5.73 Å². The summed E-state index contributed by atoms with van der Waals surface area (Å²) in [6, 6.07) is 17.4. The average molecular weight is 465 g/mol. The lowest BCUT2D eigenvalue weighted by atomic mass is 10.1. The topological polar surface area (TPSA) is 73.4 Å². The molecule has 0 radical (unpaired) electrons. The number of halogens is 2. The van der Waals surface area contributed by atoms with Gasteiger partial charge in [-0.15, -0.1) is 24.8 Å². The third-order valence-electron chi connectivity index (χ3n) is 4.80. The van der Waals surface area contributed by atoms with E-state index in [0.29, 0.717) is 19.6 Å². The zero-order valence-electron chi connectivity index (χ0n) is 17.8. The summed E-state index contributed by atoms with van der Waals surface area (Å²) >= 11 is 0. The molecule has 1 heterocycles. The van der Waals surface area contributed by atoms with Crippen molar-refractivity contribution in [3.63, 3.8) is 0 Å². The lowest BCUT2D eigenvalue weighted by molar-refractivity contribution is -0.131. The van der Waals surface area contributed by atoms with Gasteiger partial charge in [0.15, 0.2) is 0 Å². The van der Waals surface area contributed by atoms with Crippen molar-refractivity contribution < 1.29 is 9.53 Å². The molecule has 0 aliphatic carbocycles.